The van der Waals surface area contributed by atoms with Crippen molar-refractivity contribution < 1.29 is 23.1 Å². The van der Waals surface area contributed by atoms with E-state index in [-0.39, 0.29) is 29.1 Å². The number of ether oxygens (including phenoxy) is 1. The molecule has 1 unspecified atom stereocenters. The first kappa shape index (κ1) is 16.5. The maximum atomic E-state index is 14.1. The van der Waals surface area contributed by atoms with E-state index in [0.29, 0.717) is 5.56 Å². The Morgan fingerprint density at radius 1 is 1.16 bits per heavy atom. The number of ketones is 1. The summed E-state index contributed by atoms with van der Waals surface area (Å²) < 4.78 is 32.5. The first-order chi connectivity index (χ1) is 12.1. The third-order valence-electron chi connectivity index (χ3n) is 3.64. The van der Waals surface area contributed by atoms with E-state index in [1.165, 1.54) is 6.20 Å². The summed E-state index contributed by atoms with van der Waals surface area (Å²) in [5.74, 6) is -1.87. The normalized spacial score (nSPS) is 11.8. The van der Waals surface area contributed by atoms with Gasteiger partial charge in [-0.3, -0.25) is 14.7 Å². The Kier molecular flexibility index (Phi) is 4.65. The van der Waals surface area contributed by atoms with E-state index >= 15 is 0 Å². The van der Waals surface area contributed by atoms with Crippen LogP contribution >= 0.6 is 0 Å². The first-order valence-corrected chi connectivity index (χ1v) is 7.29. The van der Waals surface area contributed by atoms with Crippen LogP contribution in [0.2, 0.25) is 0 Å². The molecular weight excluding hydrogens is 330 g/mol. The number of aromatic amines is 1. The quantitative estimate of drug-likeness (QED) is 0.552. The highest BCUT2D eigenvalue weighted by molar-refractivity contribution is 6.09. The molecule has 25 heavy (non-hydrogen) atoms. The number of H-pyrrole nitrogens is 1. The largest absolute Gasteiger partial charge is 0.453 e. The second-order valence-corrected chi connectivity index (χ2v) is 5.17. The van der Waals surface area contributed by atoms with E-state index in [9.17, 15) is 18.4 Å². The van der Waals surface area contributed by atoms with Crippen molar-refractivity contribution in [3.63, 3.8) is 0 Å². The molecule has 0 saturated heterocycles. The molecule has 0 spiro atoms. The summed E-state index contributed by atoms with van der Waals surface area (Å²) in [5, 5.41) is 6.33. The fraction of sp³-hybridized carbons (Fsp3) is 0.0556. The zero-order valence-corrected chi connectivity index (χ0v) is 12.8. The number of nitrogens with zero attached hydrogens (tertiary/aromatic N) is 1. The molecule has 126 valence electrons. The van der Waals surface area contributed by atoms with E-state index < -0.39 is 17.7 Å². The Morgan fingerprint density at radius 3 is 2.64 bits per heavy atom. The van der Waals surface area contributed by atoms with Gasteiger partial charge in [-0.2, -0.15) is 5.10 Å². The molecule has 5 nitrogen and oxygen atoms in total. The van der Waals surface area contributed by atoms with Gasteiger partial charge in [-0.25, -0.2) is 8.78 Å². The summed E-state index contributed by atoms with van der Waals surface area (Å²) in [5.41, 5.74) is 0.320. The first-order valence-electron chi connectivity index (χ1n) is 7.29. The van der Waals surface area contributed by atoms with Gasteiger partial charge in [0.25, 0.3) is 6.47 Å². The summed E-state index contributed by atoms with van der Waals surface area (Å²) in [6.07, 6.45) is -0.0818. The molecule has 0 aliphatic carbocycles. The molecule has 0 fully saturated rings. The van der Waals surface area contributed by atoms with E-state index in [1.54, 1.807) is 30.3 Å². The van der Waals surface area contributed by atoms with Crippen LogP contribution in [0.3, 0.4) is 0 Å². The fourth-order valence-corrected chi connectivity index (χ4v) is 2.49. The van der Waals surface area contributed by atoms with Crippen LogP contribution in [0.5, 0.6) is 0 Å². The summed E-state index contributed by atoms with van der Waals surface area (Å²) in [4.78, 5) is 23.5. The van der Waals surface area contributed by atoms with Crippen molar-refractivity contribution in [1.29, 1.82) is 0 Å². The molecule has 0 saturated carbocycles. The molecule has 1 atom stereocenters. The minimum Gasteiger partial charge on any atom is -0.453 e. The fourth-order valence-electron chi connectivity index (χ4n) is 2.49. The van der Waals surface area contributed by atoms with Crippen LogP contribution < -0.4 is 0 Å². The van der Waals surface area contributed by atoms with Gasteiger partial charge < -0.3 is 4.74 Å². The summed E-state index contributed by atoms with van der Waals surface area (Å²) in [7, 11) is 0. The highest BCUT2D eigenvalue weighted by atomic mass is 19.1. The Bertz CT molecular complexity index is 910. The molecule has 2 aromatic carbocycles. The average Bonchev–Trinajstić information content (AvgIpc) is 3.11. The van der Waals surface area contributed by atoms with Crippen molar-refractivity contribution in [2.75, 3.05) is 0 Å². The molecule has 1 heterocycles. The molecule has 3 aromatic rings. The SMILES string of the molecule is O=COC(c1cc(F)ccc1F)c1[nH]ncc1C(=O)c1ccccc1. The van der Waals surface area contributed by atoms with Gasteiger partial charge in [0.2, 0.25) is 0 Å². The lowest BCUT2D eigenvalue weighted by molar-refractivity contribution is -0.132. The number of hydrogen-bond donors (Lipinski definition) is 1. The summed E-state index contributed by atoms with van der Waals surface area (Å²) in [6.45, 7) is 0.104. The zero-order valence-electron chi connectivity index (χ0n) is 12.8. The average molecular weight is 342 g/mol. The topological polar surface area (TPSA) is 72.1 Å². The molecule has 1 aromatic heterocycles. The standard InChI is InChI=1S/C18H12F2N2O3/c19-12-6-7-15(20)13(8-12)18(25-10-23)16-14(9-21-22-16)17(24)11-4-2-1-3-5-11/h1-10,18H,(H,21,22). The van der Waals surface area contributed by atoms with Crippen LogP contribution in [0.1, 0.15) is 33.3 Å². The third-order valence-corrected chi connectivity index (χ3v) is 3.64. The van der Waals surface area contributed by atoms with E-state index in [2.05, 4.69) is 10.2 Å². The van der Waals surface area contributed by atoms with Gasteiger partial charge in [0.15, 0.2) is 11.9 Å². The Morgan fingerprint density at radius 2 is 1.92 bits per heavy atom. The minimum atomic E-state index is -1.33. The summed E-state index contributed by atoms with van der Waals surface area (Å²) in [6, 6.07) is 11.1. The maximum absolute atomic E-state index is 14.1. The zero-order chi connectivity index (χ0) is 17.8. The Balaban J connectivity index is 2.07. The lowest BCUT2D eigenvalue weighted by Gasteiger charge is -2.16. The molecule has 0 aliphatic heterocycles. The van der Waals surface area contributed by atoms with Gasteiger partial charge in [0.05, 0.1) is 17.5 Å². The maximum Gasteiger partial charge on any atom is 0.294 e. The van der Waals surface area contributed by atoms with Crippen LogP contribution in [0.15, 0.2) is 54.7 Å². The molecule has 0 amide bonds. The van der Waals surface area contributed by atoms with Gasteiger partial charge in [0.1, 0.15) is 11.6 Å². The number of halogens is 2. The van der Waals surface area contributed by atoms with E-state index in [4.69, 9.17) is 4.74 Å². The van der Waals surface area contributed by atoms with Crippen LogP contribution in [-0.4, -0.2) is 22.5 Å². The van der Waals surface area contributed by atoms with Crippen molar-refractivity contribution >= 4 is 12.3 Å². The smallest absolute Gasteiger partial charge is 0.294 e. The molecule has 0 aliphatic rings. The predicted molar refractivity (Wildman–Crippen MR) is 83.8 cm³/mol. The molecule has 1 N–H and O–H groups in total. The highest BCUT2D eigenvalue weighted by Crippen LogP contribution is 2.30. The van der Waals surface area contributed by atoms with Crippen molar-refractivity contribution in [2.45, 2.75) is 6.10 Å². The number of carbonyl (C=O) groups excluding carboxylic acids is 2. The number of hydrogen-bond acceptors (Lipinski definition) is 4. The Hall–Kier alpha value is -3.35. The van der Waals surface area contributed by atoms with Crippen LogP contribution in [0, 0.1) is 11.6 Å². The predicted octanol–water partition coefficient (Wildman–Crippen LogP) is 3.18. The van der Waals surface area contributed by atoms with E-state index in [1.807, 2.05) is 0 Å². The van der Waals surface area contributed by atoms with Crippen molar-refractivity contribution in [1.82, 2.24) is 10.2 Å². The second kappa shape index (κ2) is 7.04. The minimum absolute atomic E-state index is 0.0606. The summed E-state index contributed by atoms with van der Waals surface area (Å²) >= 11 is 0. The van der Waals surface area contributed by atoms with Crippen LogP contribution in [-0.2, 0) is 9.53 Å². The van der Waals surface area contributed by atoms with Gasteiger partial charge in [-0.15, -0.1) is 0 Å². The van der Waals surface area contributed by atoms with Crippen molar-refractivity contribution in [3.8, 4) is 0 Å². The monoisotopic (exact) mass is 342 g/mol. The number of rotatable bonds is 6. The number of nitrogens with one attached hydrogen (secondary N) is 1. The highest BCUT2D eigenvalue weighted by Gasteiger charge is 2.27. The van der Waals surface area contributed by atoms with Crippen LogP contribution in [0.4, 0.5) is 8.78 Å². The molecule has 0 bridgehead atoms. The molecule has 3 rings (SSSR count). The molecular formula is C18H12F2N2O3. The van der Waals surface area contributed by atoms with Gasteiger partial charge in [-0.1, -0.05) is 30.3 Å². The number of carbonyl (C=O) groups is 2. The molecule has 7 heteroatoms. The Labute approximate surface area is 141 Å². The van der Waals surface area contributed by atoms with E-state index in [0.717, 1.165) is 18.2 Å². The van der Waals surface area contributed by atoms with Crippen molar-refractivity contribution in [3.05, 3.63) is 88.7 Å². The lowest BCUT2D eigenvalue weighted by Crippen LogP contribution is -2.13. The number of aromatic nitrogens is 2. The lowest BCUT2D eigenvalue weighted by atomic mass is 9.98. The van der Waals surface area contributed by atoms with Crippen LogP contribution in [0.25, 0.3) is 0 Å². The second-order valence-electron chi connectivity index (χ2n) is 5.17. The van der Waals surface area contributed by atoms with Gasteiger partial charge in [0, 0.05) is 11.1 Å². The van der Waals surface area contributed by atoms with Gasteiger partial charge >= 0.3 is 0 Å². The number of benzene rings is 2. The molecule has 0 radical (unpaired) electrons. The third kappa shape index (κ3) is 3.30. The van der Waals surface area contributed by atoms with Gasteiger partial charge in [-0.05, 0) is 18.2 Å². The van der Waals surface area contributed by atoms with Crippen molar-refractivity contribution in [2.24, 2.45) is 0 Å².